The predicted molar refractivity (Wildman–Crippen MR) is 81.9 cm³/mol. The maximum atomic E-state index is 12.5. The summed E-state index contributed by atoms with van der Waals surface area (Å²) in [6.45, 7) is 4.23. The maximum absolute atomic E-state index is 12.5. The maximum Gasteiger partial charge on any atom is 0.291 e. The highest BCUT2D eigenvalue weighted by molar-refractivity contribution is 7.89. The Kier molecular flexibility index (Phi) is 5.68. The van der Waals surface area contributed by atoms with Crippen molar-refractivity contribution in [2.45, 2.75) is 25.2 Å². The molecule has 7 nitrogen and oxygen atoms in total. The number of nitro groups is 1. The van der Waals surface area contributed by atoms with E-state index in [1.54, 1.807) is 7.05 Å². The molecular formula is C13H21N3O4S. The Morgan fingerprint density at radius 2 is 2.05 bits per heavy atom. The first kappa shape index (κ1) is 17.4. The normalized spacial score (nSPS) is 13.2. The molecule has 1 unspecified atom stereocenters. The van der Waals surface area contributed by atoms with E-state index in [-0.39, 0.29) is 10.8 Å². The van der Waals surface area contributed by atoms with Crippen LogP contribution in [-0.2, 0) is 10.0 Å². The first-order chi connectivity index (χ1) is 9.73. The molecule has 0 radical (unpaired) electrons. The number of rotatable bonds is 7. The Morgan fingerprint density at radius 1 is 1.43 bits per heavy atom. The van der Waals surface area contributed by atoms with Crippen molar-refractivity contribution in [3.05, 3.63) is 28.3 Å². The van der Waals surface area contributed by atoms with Gasteiger partial charge >= 0.3 is 0 Å². The van der Waals surface area contributed by atoms with Gasteiger partial charge in [-0.2, -0.15) is 0 Å². The zero-order valence-corrected chi connectivity index (χ0v) is 13.5. The van der Waals surface area contributed by atoms with E-state index in [1.165, 1.54) is 29.6 Å². The van der Waals surface area contributed by atoms with Crippen LogP contribution in [0.4, 0.5) is 11.4 Å². The van der Waals surface area contributed by atoms with Gasteiger partial charge in [0.05, 0.1) is 4.92 Å². The lowest BCUT2D eigenvalue weighted by atomic mass is 10.1. The van der Waals surface area contributed by atoms with Gasteiger partial charge in [-0.05, 0) is 18.1 Å². The van der Waals surface area contributed by atoms with Crippen molar-refractivity contribution in [3.8, 4) is 0 Å². The zero-order chi connectivity index (χ0) is 16.2. The molecule has 1 atom stereocenters. The SMILES string of the molecule is CCC(C)CN(C)S(=O)(=O)c1ccc(NC)cc1[N+](=O)[O-]. The van der Waals surface area contributed by atoms with Crippen LogP contribution in [0.3, 0.4) is 0 Å². The number of benzene rings is 1. The Hall–Kier alpha value is -1.67. The largest absolute Gasteiger partial charge is 0.388 e. The third-order valence-electron chi connectivity index (χ3n) is 3.40. The van der Waals surface area contributed by atoms with Crippen molar-refractivity contribution in [2.75, 3.05) is 26.0 Å². The molecule has 0 aliphatic heterocycles. The van der Waals surface area contributed by atoms with Crippen LogP contribution in [0.1, 0.15) is 20.3 Å². The first-order valence-electron chi connectivity index (χ1n) is 6.66. The molecule has 0 bridgehead atoms. The first-order valence-corrected chi connectivity index (χ1v) is 8.10. The van der Waals surface area contributed by atoms with Gasteiger partial charge in [-0.1, -0.05) is 20.3 Å². The van der Waals surface area contributed by atoms with Crippen LogP contribution in [0.25, 0.3) is 0 Å². The van der Waals surface area contributed by atoms with Crippen molar-refractivity contribution in [1.29, 1.82) is 0 Å². The number of anilines is 1. The summed E-state index contributed by atoms with van der Waals surface area (Å²) in [5.41, 5.74) is 0.0723. The molecule has 0 aliphatic rings. The van der Waals surface area contributed by atoms with Crippen LogP contribution in [0.5, 0.6) is 0 Å². The molecule has 118 valence electrons. The second-order valence-electron chi connectivity index (χ2n) is 4.99. The molecule has 0 fully saturated rings. The Bertz CT molecular complexity index is 616. The smallest absolute Gasteiger partial charge is 0.291 e. The van der Waals surface area contributed by atoms with Gasteiger partial charge in [-0.25, -0.2) is 12.7 Å². The molecule has 0 aromatic heterocycles. The lowest BCUT2D eigenvalue weighted by Gasteiger charge is -2.20. The molecule has 1 rings (SSSR count). The van der Waals surface area contributed by atoms with Gasteiger partial charge in [0.2, 0.25) is 10.0 Å². The highest BCUT2D eigenvalue weighted by Crippen LogP contribution is 2.29. The van der Waals surface area contributed by atoms with Crippen LogP contribution >= 0.6 is 0 Å². The Balaban J connectivity index is 3.27. The fraction of sp³-hybridized carbons (Fsp3) is 0.538. The summed E-state index contributed by atoms with van der Waals surface area (Å²) in [6.07, 6.45) is 0.834. The number of nitrogens with zero attached hydrogens (tertiary/aromatic N) is 2. The van der Waals surface area contributed by atoms with Crippen LogP contribution < -0.4 is 5.32 Å². The van der Waals surface area contributed by atoms with Gasteiger partial charge in [0.15, 0.2) is 4.90 Å². The molecule has 0 saturated carbocycles. The molecule has 8 heteroatoms. The van der Waals surface area contributed by atoms with Crippen molar-refractivity contribution in [1.82, 2.24) is 4.31 Å². The van der Waals surface area contributed by atoms with E-state index in [9.17, 15) is 18.5 Å². The highest BCUT2D eigenvalue weighted by atomic mass is 32.2. The molecule has 0 aliphatic carbocycles. The molecule has 1 aromatic carbocycles. The third kappa shape index (κ3) is 3.92. The lowest BCUT2D eigenvalue weighted by molar-refractivity contribution is -0.387. The standard InChI is InChI=1S/C13H21N3O4S/c1-5-10(2)9-15(4)21(19,20)13-7-6-11(14-3)8-12(13)16(17)18/h6-8,10,14H,5,9H2,1-4H3. The van der Waals surface area contributed by atoms with Gasteiger partial charge in [-0.15, -0.1) is 0 Å². The minimum absolute atomic E-state index is 0.181. The second-order valence-corrected chi connectivity index (χ2v) is 7.00. The van der Waals surface area contributed by atoms with Crippen molar-refractivity contribution in [3.63, 3.8) is 0 Å². The average molecular weight is 315 g/mol. The topological polar surface area (TPSA) is 92.6 Å². The molecule has 0 heterocycles. The number of hydrogen-bond acceptors (Lipinski definition) is 5. The molecular weight excluding hydrogens is 294 g/mol. The summed E-state index contributed by atoms with van der Waals surface area (Å²) in [5.74, 6) is 0.181. The molecule has 0 saturated heterocycles. The van der Waals surface area contributed by atoms with E-state index in [0.717, 1.165) is 6.42 Å². The number of nitrogens with one attached hydrogen (secondary N) is 1. The lowest BCUT2D eigenvalue weighted by Crippen LogP contribution is -2.31. The number of hydrogen-bond donors (Lipinski definition) is 1. The summed E-state index contributed by atoms with van der Waals surface area (Å²) in [6, 6.07) is 4.01. The van der Waals surface area contributed by atoms with Crippen molar-refractivity contribution < 1.29 is 13.3 Å². The van der Waals surface area contributed by atoms with E-state index in [1.807, 2.05) is 13.8 Å². The fourth-order valence-corrected chi connectivity index (χ4v) is 3.29. The van der Waals surface area contributed by atoms with Crippen LogP contribution in [0.2, 0.25) is 0 Å². The molecule has 0 amide bonds. The fourth-order valence-electron chi connectivity index (χ4n) is 1.87. The summed E-state index contributed by atoms with van der Waals surface area (Å²) < 4.78 is 26.2. The van der Waals surface area contributed by atoms with Crippen molar-refractivity contribution >= 4 is 21.4 Å². The summed E-state index contributed by atoms with van der Waals surface area (Å²) in [4.78, 5) is 10.2. The van der Waals surface area contributed by atoms with E-state index in [0.29, 0.717) is 12.2 Å². The summed E-state index contributed by atoms with van der Waals surface area (Å²) in [7, 11) is -0.826. The van der Waals surface area contributed by atoms with Gasteiger partial charge in [0, 0.05) is 32.4 Å². The molecule has 1 aromatic rings. The van der Waals surface area contributed by atoms with Crippen LogP contribution in [-0.4, -0.2) is 38.3 Å². The monoisotopic (exact) mass is 315 g/mol. The van der Waals surface area contributed by atoms with Gasteiger partial charge in [0.25, 0.3) is 5.69 Å². The Labute approximate surface area is 125 Å². The predicted octanol–water partition coefficient (Wildman–Crippen LogP) is 2.30. The van der Waals surface area contributed by atoms with E-state index in [2.05, 4.69) is 5.32 Å². The minimum Gasteiger partial charge on any atom is -0.388 e. The third-order valence-corrected chi connectivity index (χ3v) is 5.27. The van der Waals surface area contributed by atoms with E-state index < -0.39 is 20.6 Å². The zero-order valence-electron chi connectivity index (χ0n) is 12.7. The van der Waals surface area contributed by atoms with Crippen LogP contribution in [0.15, 0.2) is 23.1 Å². The average Bonchev–Trinajstić information content (AvgIpc) is 2.45. The Morgan fingerprint density at radius 3 is 2.52 bits per heavy atom. The van der Waals surface area contributed by atoms with Crippen molar-refractivity contribution in [2.24, 2.45) is 5.92 Å². The number of nitro benzene ring substituents is 1. The second kappa shape index (κ2) is 6.86. The summed E-state index contributed by atoms with van der Waals surface area (Å²) in [5, 5.41) is 13.9. The highest BCUT2D eigenvalue weighted by Gasteiger charge is 2.30. The van der Waals surface area contributed by atoms with E-state index in [4.69, 9.17) is 0 Å². The molecule has 21 heavy (non-hydrogen) atoms. The van der Waals surface area contributed by atoms with Gasteiger partial charge in [-0.3, -0.25) is 10.1 Å². The molecule has 0 spiro atoms. The number of sulfonamides is 1. The van der Waals surface area contributed by atoms with Crippen LogP contribution in [0, 0.1) is 16.0 Å². The van der Waals surface area contributed by atoms with Gasteiger partial charge in [0.1, 0.15) is 0 Å². The van der Waals surface area contributed by atoms with E-state index >= 15 is 0 Å². The quantitative estimate of drug-likeness (QED) is 0.615. The molecule has 1 N–H and O–H groups in total. The minimum atomic E-state index is -3.88. The van der Waals surface area contributed by atoms with Gasteiger partial charge < -0.3 is 5.32 Å². The summed E-state index contributed by atoms with van der Waals surface area (Å²) >= 11 is 0.